The Balaban J connectivity index is 2.17. The number of hydrogen-bond donors (Lipinski definition) is 1. The summed E-state index contributed by atoms with van der Waals surface area (Å²) in [7, 11) is 0. The van der Waals surface area contributed by atoms with Gasteiger partial charge in [-0.05, 0) is 6.92 Å². The summed E-state index contributed by atoms with van der Waals surface area (Å²) in [4.78, 5) is 22.7. The fourth-order valence-corrected chi connectivity index (χ4v) is 2.19. The van der Waals surface area contributed by atoms with E-state index in [1.54, 1.807) is 12.3 Å². The molecule has 114 valence electrons. The van der Waals surface area contributed by atoms with Crippen molar-refractivity contribution in [1.29, 1.82) is 0 Å². The van der Waals surface area contributed by atoms with Crippen LogP contribution in [0.5, 0.6) is 0 Å². The van der Waals surface area contributed by atoms with E-state index in [-0.39, 0.29) is 36.9 Å². The Morgan fingerprint density at radius 2 is 2.20 bits per heavy atom. The van der Waals surface area contributed by atoms with Crippen LogP contribution in [0.4, 0.5) is 13.2 Å². The largest absolute Gasteiger partial charge is 0.411 e. The molecule has 5 nitrogen and oxygen atoms in total. The molecule has 0 aliphatic heterocycles. The number of nitrogens with one attached hydrogen (secondary N) is 1. The van der Waals surface area contributed by atoms with Crippen molar-refractivity contribution < 1.29 is 22.7 Å². The van der Waals surface area contributed by atoms with Crippen LogP contribution in [0, 0.1) is 6.92 Å². The number of halogens is 3. The van der Waals surface area contributed by atoms with Crippen LogP contribution in [0.1, 0.15) is 12.1 Å². The molecule has 1 rings (SSSR count). The third-order valence-corrected chi connectivity index (χ3v) is 3.25. The Morgan fingerprint density at radius 3 is 2.75 bits per heavy atom. The molecule has 0 saturated heterocycles. The van der Waals surface area contributed by atoms with Gasteiger partial charge < -0.3 is 14.6 Å². The Labute approximate surface area is 117 Å². The van der Waals surface area contributed by atoms with Crippen LogP contribution in [0.2, 0.25) is 0 Å². The molecule has 0 aliphatic carbocycles. The quantitative estimate of drug-likeness (QED) is 0.772. The van der Waals surface area contributed by atoms with Gasteiger partial charge in [0.2, 0.25) is 5.91 Å². The average Bonchev–Trinajstić information content (AvgIpc) is 2.65. The molecule has 1 heterocycles. The molecule has 0 unspecified atom stereocenters. The molecule has 0 spiro atoms. The van der Waals surface area contributed by atoms with Gasteiger partial charge in [0.1, 0.15) is 6.61 Å². The number of aromatic nitrogens is 1. The monoisotopic (exact) mass is 312 g/mol. The number of aryl methyl sites for hydroxylation is 1. The molecule has 1 N–H and O–H groups in total. The molecule has 0 atom stereocenters. The van der Waals surface area contributed by atoms with Crippen LogP contribution in [0.3, 0.4) is 0 Å². The lowest BCUT2D eigenvalue weighted by atomic mass is 10.3. The summed E-state index contributed by atoms with van der Waals surface area (Å²) < 4.78 is 41.1. The number of thiazole rings is 1. The lowest BCUT2D eigenvalue weighted by Gasteiger charge is -2.09. The van der Waals surface area contributed by atoms with Gasteiger partial charge in [-0.15, -0.1) is 0 Å². The van der Waals surface area contributed by atoms with Crippen LogP contribution in [0.15, 0.2) is 10.2 Å². The van der Waals surface area contributed by atoms with Gasteiger partial charge in [-0.25, -0.2) is 0 Å². The van der Waals surface area contributed by atoms with Crippen LogP contribution in [-0.2, 0) is 16.1 Å². The Morgan fingerprint density at radius 1 is 1.50 bits per heavy atom. The highest BCUT2D eigenvalue weighted by atomic mass is 32.1. The first-order chi connectivity index (χ1) is 9.29. The van der Waals surface area contributed by atoms with E-state index in [0.717, 1.165) is 17.0 Å². The van der Waals surface area contributed by atoms with Gasteiger partial charge in [-0.2, -0.15) is 13.2 Å². The van der Waals surface area contributed by atoms with Gasteiger partial charge in [0, 0.05) is 30.6 Å². The minimum atomic E-state index is -4.36. The maximum atomic E-state index is 11.8. The number of alkyl halides is 3. The molecule has 0 fully saturated rings. The summed E-state index contributed by atoms with van der Waals surface area (Å²) in [5, 5.41) is 4.13. The van der Waals surface area contributed by atoms with Gasteiger partial charge in [0.25, 0.3) is 0 Å². The summed E-state index contributed by atoms with van der Waals surface area (Å²) in [6.07, 6.45) is -4.27. The smallest absolute Gasteiger partial charge is 0.370 e. The normalized spacial score (nSPS) is 11.6. The summed E-state index contributed by atoms with van der Waals surface area (Å²) in [6.45, 7) is 0.492. The highest BCUT2D eigenvalue weighted by molar-refractivity contribution is 7.07. The van der Waals surface area contributed by atoms with Gasteiger partial charge in [-0.3, -0.25) is 9.59 Å². The van der Waals surface area contributed by atoms with Crippen molar-refractivity contribution >= 4 is 17.2 Å². The maximum Gasteiger partial charge on any atom is 0.411 e. The zero-order chi connectivity index (χ0) is 15.2. The fraction of sp³-hybridized carbons (Fsp3) is 0.636. The van der Waals surface area contributed by atoms with E-state index >= 15 is 0 Å². The minimum absolute atomic E-state index is 0.00638. The topological polar surface area (TPSA) is 60.3 Å². The zero-order valence-electron chi connectivity index (χ0n) is 10.8. The Kier molecular flexibility index (Phi) is 6.21. The van der Waals surface area contributed by atoms with Crippen LogP contribution < -0.4 is 10.2 Å². The van der Waals surface area contributed by atoms with Gasteiger partial charge in [-0.1, -0.05) is 11.3 Å². The summed E-state index contributed by atoms with van der Waals surface area (Å²) in [6, 6.07) is 0. The van der Waals surface area contributed by atoms with Crippen LogP contribution >= 0.6 is 11.3 Å². The second-order valence-electron chi connectivity index (χ2n) is 4.06. The fourth-order valence-electron chi connectivity index (χ4n) is 1.43. The molecule has 0 radical (unpaired) electrons. The molecule has 9 heteroatoms. The number of carbonyl (C=O) groups is 1. The average molecular weight is 312 g/mol. The maximum absolute atomic E-state index is 11.8. The molecule has 1 aromatic rings. The summed E-state index contributed by atoms with van der Waals surface area (Å²) in [5.74, 6) is -0.335. The number of rotatable bonds is 7. The second-order valence-corrected chi connectivity index (χ2v) is 4.88. The third kappa shape index (κ3) is 6.20. The van der Waals surface area contributed by atoms with Gasteiger partial charge >= 0.3 is 11.0 Å². The number of ether oxygens (including phenoxy) is 1. The lowest BCUT2D eigenvalue weighted by Crippen LogP contribution is -2.30. The van der Waals surface area contributed by atoms with E-state index in [2.05, 4.69) is 10.1 Å². The van der Waals surface area contributed by atoms with Crippen molar-refractivity contribution in [3.05, 3.63) is 20.7 Å². The summed E-state index contributed by atoms with van der Waals surface area (Å²) >= 11 is 1.06. The molecule has 0 saturated carbocycles. The third-order valence-electron chi connectivity index (χ3n) is 2.37. The highest BCUT2D eigenvalue weighted by Gasteiger charge is 2.27. The van der Waals surface area contributed by atoms with E-state index in [0.29, 0.717) is 0 Å². The first-order valence-corrected chi connectivity index (χ1v) is 6.73. The predicted molar refractivity (Wildman–Crippen MR) is 67.8 cm³/mol. The van der Waals surface area contributed by atoms with E-state index < -0.39 is 12.8 Å². The van der Waals surface area contributed by atoms with E-state index in [1.807, 2.05) is 0 Å². The number of nitrogens with zero attached hydrogens (tertiary/aromatic N) is 1. The molecular weight excluding hydrogens is 297 g/mol. The number of amides is 1. The van der Waals surface area contributed by atoms with Gasteiger partial charge in [0.05, 0.1) is 6.61 Å². The molecule has 1 amide bonds. The van der Waals surface area contributed by atoms with E-state index in [4.69, 9.17) is 0 Å². The van der Waals surface area contributed by atoms with E-state index in [1.165, 1.54) is 4.57 Å². The molecular formula is C11H15F3N2O3S. The molecule has 0 bridgehead atoms. The molecule has 20 heavy (non-hydrogen) atoms. The van der Waals surface area contributed by atoms with Crippen molar-refractivity contribution in [3.8, 4) is 0 Å². The van der Waals surface area contributed by atoms with Crippen molar-refractivity contribution in [2.75, 3.05) is 19.8 Å². The van der Waals surface area contributed by atoms with E-state index in [9.17, 15) is 22.8 Å². The second kappa shape index (κ2) is 7.44. The number of hydrogen-bond acceptors (Lipinski definition) is 4. The highest BCUT2D eigenvalue weighted by Crippen LogP contribution is 2.13. The Hall–Kier alpha value is -1.35. The van der Waals surface area contributed by atoms with Crippen molar-refractivity contribution in [1.82, 2.24) is 9.88 Å². The molecule has 0 aromatic carbocycles. The summed E-state index contributed by atoms with van der Waals surface area (Å²) in [5.41, 5.74) is 0.779. The molecule has 1 aromatic heterocycles. The predicted octanol–water partition coefficient (Wildman–Crippen LogP) is 1.30. The van der Waals surface area contributed by atoms with Crippen molar-refractivity contribution in [2.24, 2.45) is 0 Å². The van der Waals surface area contributed by atoms with Crippen LogP contribution in [0.25, 0.3) is 0 Å². The zero-order valence-corrected chi connectivity index (χ0v) is 11.6. The van der Waals surface area contributed by atoms with Gasteiger partial charge in [0.15, 0.2) is 0 Å². The minimum Gasteiger partial charge on any atom is -0.370 e. The first-order valence-electron chi connectivity index (χ1n) is 5.86. The van der Waals surface area contributed by atoms with Crippen molar-refractivity contribution in [2.45, 2.75) is 26.1 Å². The number of carbonyl (C=O) groups excluding carboxylic acids is 1. The standard InChI is InChI=1S/C11H15F3N2O3S/c1-8-6-20-10(18)16(8)4-2-9(17)15-3-5-19-7-11(12,13)14/h6H,2-5,7H2,1H3,(H,15,17). The first kappa shape index (κ1) is 16.7. The van der Waals surface area contributed by atoms with Crippen LogP contribution in [-0.4, -0.2) is 36.4 Å². The molecule has 0 aliphatic rings. The van der Waals surface area contributed by atoms with Crippen molar-refractivity contribution in [3.63, 3.8) is 0 Å². The Bertz CT molecular complexity index is 496. The lowest BCUT2D eigenvalue weighted by molar-refractivity contribution is -0.173. The SMILES string of the molecule is Cc1csc(=O)n1CCC(=O)NCCOCC(F)(F)F.